The number of anilines is 1. The van der Waals surface area contributed by atoms with Crippen LogP contribution < -0.4 is 5.73 Å². The minimum Gasteiger partial charge on any atom is -0.382 e. The summed E-state index contributed by atoms with van der Waals surface area (Å²) < 4.78 is 0. The molecule has 0 atom stereocenters. The Balaban J connectivity index is 2.01. The molecule has 84 valence electrons. The molecule has 3 heterocycles. The van der Waals surface area contributed by atoms with E-state index in [1.54, 1.807) is 18.7 Å². The molecule has 0 bridgehead atoms. The number of pyridine rings is 1. The number of fused-ring (bicyclic) bond motifs is 1. The van der Waals surface area contributed by atoms with Gasteiger partial charge < -0.3 is 10.7 Å². The molecule has 3 rings (SSSR count). The van der Waals surface area contributed by atoms with Crippen molar-refractivity contribution in [3.8, 4) is 0 Å². The molecule has 3 N–H and O–H groups in total. The van der Waals surface area contributed by atoms with Crippen LogP contribution in [-0.2, 0) is 0 Å². The van der Waals surface area contributed by atoms with Crippen LogP contribution in [0, 0.1) is 0 Å². The van der Waals surface area contributed by atoms with E-state index in [2.05, 4.69) is 24.9 Å². The number of nitrogens with one attached hydrogen (secondary N) is 1. The van der Waals surface area contributed by atoms with Gasteiger partial charge in [0.05, 0.1) is 6.33 Å². The first-order valence-corrected chi connectivity index (χ1v) is 5.69. The number of imidazole rings is 1. The molecular formula is C10H8N6S. The predicted octanol–water partition coefficient (Wildman–Crippen LogP) is 1.48. The van der Waals surface area contributed by atoms with Crippen LogP contribution in [0.5, 0.6) is 0 Å². The number of rotatable bonds is 2. The third-order valence-corrected chi connectivity index (χ3v) is 3.03. The topological polar surface area (TPSA) is 93.4 Å². The molecule has 0 aromatic carbocycles. The Bertz CT molecular complexity index is 650. The number of nitrogens with zero attached hydrogens (tertiary/aromatic N) is 4. The van der Waals surface area contributed by atoms with Gasteiger partial charge in [-0.05, 0) is 23.9 Å². The van der Waals surface area contributed by atoms with E-state index in [0.717, 1.165) is 4.90 Å². The number of aromatic nitrogens is 5. The van der Waals surface area contributed by atoms with Gasteiger partial charge in [-0.1, -0.05) is 0 Å². The highest BCUT2D eigenvalue weighted by molar-refractivity contribution is 7.99. The maximum absolute atomic E-state index is 5.81. The van der Waals surface area contributed by atoms with Gasteiger partial charge >= 0.3 is 0 Å². The Labute approximate surface area is 101 Å². The van der Waals surface area contributed by atoms with Gasteiger partial charge in [0, 0.05) is 17.3 Å². The monoisotopic (exact) mass is 244 g/mol. The highest BCUT2D eigenvalue weighted by Crippen LogP contribution is 2.26. The van der Waals surface area contributed by atoms with Crippen LogP contribution in [0.4, 0.5) is 5.82 Å². The SMILES string of the molecule is Nc1nc(Sc2ccncc2)nc2nc[nH]c12. The van der Waals surface area contributed by atoms with Crippen LogP contribution in [0.25, 0.3) is 11.2 Å². The first-order valence-electron chi connectivity index (χ1n) is 4.87. The molecule has 0 aliphatic rings. The molecule has 17 heavy (non-hydrogen) atoms. The standard InChI is InChI=1S/C10H8N6S/c11-8-7-9(14-5-13-7)16-10(15-8)17-6-1-3-12-4-2-6/h1-5H,(H3,11,13,14,15,16). The lowest BCUT2D eigenvalue weighted by molar-refractivity contribution is 1.00. The minimum atomic E-state index is 0.407. The summed E-state index contributed by atoms with van der Waals surface area (Å²) in [5.41, 5.74) is 7.06. The van der Waals surface area contributed by atoms with E-state index in [9.17, 15) is 0 Å². The summed E-state index contributed by atoms with van der Waals surface area (Å²) in [4.78, 5) is 20.4. The molecule has 7 heteroatoms. The lowest BCUT2D eigenvalue weighted by atomic mass is 10.5. The molecule has 0 saturated heterocycles. The van der Waals surface area contributed by atoms with E-state index < -0.39 is 0 Å². The molecule has 3 aromatic rings. The lowest BCUT2D eigenvalue weighted by Crippen LogP contribution is -1.96. The van der Waals surface area contributed by atoms with Gasteiger partial charge in [-0.3, -0.25) is 4.98 Å². The van der Waals surface area contributed by atoms with Gasteiger partial charge in [-0.15, -0.1) is 0 Å². The van der Waals surface area contributed by atoms with E-state index in [1.165, 1.54) is 11.8 Å². The molecule has 0 fully saturated rings. The highest BCUT2D eigenvalue weighted by Gasteiger charge is 2.08. The molecule has 0 amide bonds. The maximum atomic E-state index is 5.81. The Morgan fingerprint density at radius 2 is 2.00 bits per heavy atom. The Kier molecular flexibility index (Phi) is 2.37. The molecule has 0 aliphatic carbocycles. The van der Waals surface area contributed by atoms with Crippen molar-refractivity contribution in [3.63, 3.8) is 0 Å². The molecule has 0 saturated carbocycles. The van der Waals surface area contributed by atoms with Crippen molar-refractivity contribution in [2.24, 2.45) is 0 Å². The average Bonchev–Trinajstić information content (AvgIpc) is 2.79. The summed E-state index contributed by atoms with van der Waals surface area (Å²) in [6.45, 7) is 0. The molecule has 6 nitrogen and oxygen atoms in total. The molecule has 0 unspecified atom stereocenters. The summed E-state index contributed by atoms with van der Waals surface area (Å²) in [6, 6.07) is 3.78. The third kappa shape index (κ3) is 1.92. The van der Waals surface area contributed by atoms with Crippen molar-refractivity contribution < 1.29 is 0 Å². The Morgan fingerprint density at radius 3 is 2.82 bits per heavy atom. The second-order valence-corrected chi connectivity index (χ2v) is 4.32. The fourth-order valence-corrected chi connectivity index (χ4v) is 2.14. The summed E-state index contributed by atoms with van der Waals surface area (Å²) in [6.07, 6.45) is 4.99. The van der Waals surface area contributed by atoms with Gasteiger partial charge in [0.2, 0.25) is 0 Å². The van der Waals surface area contributed by atoms with Gasteiger partial charge in [-0.25, -0.2) is 15.0 Å². The van der Waals surface area contributed by atoms with Gasteiger partial charge in [0.25, 0.3) is 0 Å². The molecular weight excluding hydrogens is 236 g/mol. The highest BCUT2D eigenvalue weighted by atomic mass is 32.2. The number of hydrogen-bond acceptors (Lipinski definition) is 6. The third-order valence-electron chi connectivity index (χ3n) is 2.15. The van der Waals surface area contributed by atoms with Crippen molar-refractivity contribution in [3.05, 3.63) is 30.9 Å². The van der Waals surface area contributed by atoms with Crippen molar-refractivity contribution in [2.75, 3.05) is 5.73 Å². The molecule has 0 aliphatic heterocycles. The quantitative estimate of drug-likeness (QED) is 0.663. The second-order valence-electron chi connectivity index (χ2n) is 3.28. The van der Waals surface area contributed by atoms with E-state index in [0.29, 0.717) is 22.1 Å². The largest absolute Gasteiger partial charge is 0.382 e. The summed E-state index contributed by atoms with van der Waals surface area (Å²) in [5.74, 6) is 0.407. The van der Waals surface area contributed by atoms with Crippen molar-refractivity contribution in [2.45, 2.75) is 10.1 Å². The van der Waals surface area contributed by atoms with Crippen LogP contribution in [0.3, 0.4) is 0 Å². The van der Waals surface area contributed by atoms with Crippen molar-refractivity contribution in [1.29, 1.82) is 0 Å². The van der Waals surface area contributed by atoms with E-state index >= 15 is 0 Å². The normalized spacial score (nSPS) is 10.8. The van der Waals surface area contributed by atoms with Crippen molar-refractivity contribution >= 4 is 28.7 Å². The number of nitrogens with two attached hydrogens (primary N) is 1. The van der Waals surface area contributed by atoms with Crippen LogP contribution in [0.1, 0.15) is 0 Å². The summed E-state index contributed by atoms with van der Waals surface area (Å²) in [7, 11) is 0. The van der Waals surface area contributed by atoms with Crippen LogP contribution in [0.2, 0.25) is 0 Å². The van der Waals surface area contributed by atoms with Crippen LogP contribution in [0.15, 0.2) is 40.9 Å². The van der Waals surface area contributed by atoms with E-state index in [4.69, 9.17) is 5.73 Å². The van der Waals surface area contributed by atoms with Gasteiger partial charge in [0.15, 0.2) is 16.6 Å². The Hall–Kier alpha value is -2.15. The fourth-order valence-electron chi connectivity index (χ4n) is 1.39. The van der Waals surface area contributed by atoms with Crippen LogP contribution >= 0.6 is 11.8 Å². The fraction of sp³-hybridized carbons (Fsp3) is 0. The number of hydrogen-bond donors (Lipinski definition) is 2. The Morgan fingerprint density at radius 1 is 1.18 bits per heavy atom. The first-order chi connectivity index (χ1) is 8.33. The zero-order valence-corrected chi connectivity index (χ0v) is 9.48. The maximum Gasteiger partial charge on any atom is 0.196 e. The number of nitrogen functional groups attached to an aromatic ring is 1. The summed E-state index contributed by atoms with van der Waals surface area (Å²) >= 11 is 1.42. The molecule has 0 spiro atoms. The molecule has 3 aromatic heterocycles. The number of H-pyrrole nitrogens is 1. The predicted molar refractivity (Wildman–Crippen MR) is 64.5 cm³/mol. The zero-order valence-electron chi connectivity index (χ0n) is 8.66. The zero-order chi connectivity index (χ0) is 11.7. The van der Waals surface area contributed by atoms with E-state index in [1.807, 2.05) is 12.1 Å². The first kappa shape index (κ1) is 10.0. The number of aromatic amines is 1. The average molecular weight is 244 g/mol. The summed E-state index contributed by atoms with van der Waals surface area (Å²) in [5, 5.41) is 0.577. The van der Waals surface area contributed by atoms with Crippen molar-refractivity contribution in [1.82, 2.24) is 24.9 Å². The van der Waals surface area contributed by atoms with Gasteiger partial charge in [-0.2, -0.15) is 0 Å². The minimum absolute atomic E-state index is 0.407. The second kappa shape index (κ2) is 4.02. The van der Waals surface area contributed by atoms with Crippen LogP contribution in [-0.4, -0.2) is 24.9 Å². The lowest BCUT2D eigenvalue weighted by Gasteiger charge is -2.01. The van der Waals surface area contributed by atoms with E-state index in [-0.39, 0.29) is 0 Å². The molecule has 0 radical (unpaired) electrons. The van der Waals surface area contributed by atoms with Gasteiger partial charge in [0.1, 0.15) is 5.52 Å². The smallest absolute Gasteiger partial charge is 0.196 e.